The molecule has 1 aliphatic carbocycles. The van der Waals surface area contributed by atoms with Crippen LogP contribution in [-0.2, 0) is 11.3 Å². The van der Waals surface area contributed by atoms with Crippen molar-refractivity contribution in [1.29, 1.82) is 0 Å². The second-order valence-corrected chi connectivity index (χ2v) is 3.66. The fourth-order valence-corrected chi connectivity index (χ4v) is 1.36. The predicted octanol–water partition coefficient (Wildman–Crippen LogP) is 1.69. The van der Waals surface area contributed by atoms with E-state index in [1.165, 1.54) is 5.56 Å². The van der Waals surface area contributed by atoms with Crippen LogP contribution in [0.4, 0.5) is 0 Å². The Balaban J connectivity index is 1.86. The molecule has 0 aromatic heterocycles. The van der Waals surface area contributed by atoms with E-state index in [1.54, 1.807) is 0 Å². The second-order valence-electron chi connectivity index (χ2n) is 3.66. The minimum absolute atomic E-state index is 0.0237. The molecule has 2 N–H and O–H groups in total. The summed E-state index contributed by atoms with van der Waals surface area (Å²) in [5.41, 5.74) is 6.86. The SMILES string of the molecule is NCC1(OCc2ccccc2)CC1. The zero-order valence-corrected chi connectivity index (χ0v) is 7.70. The van der Waals surface area contributed by atoms with E-state index in [9.17, 15) is 0 Å². The highest BCUT2D eigenvalue weighted by atomic mass is 16.5. The summed E-state index contributed by atoms with van der Waals surface area (Å²) in [5.74, 6) is 0. The molecule has 1 saturated carbocycles. The molecular weight excluding hydrogens is 162 g/mol. The molecule has 0 amide bonds. The Morgan fingerprint density at radius 2 is 1.92 bits per heavy atom. The lowest BCUT2D eigenvalue weighted by Gasteiger charge is -2.13. The van der Waals surface area contributed by atoms with Crippen molar-refractivity contribution < 1.29 is 4.74 Å². The Bertz CT molecular complexity index is 267. The summed E-state index contributed by atoms with van der Waals surface area (Å²) in [5, 5.41) is 0. The Kier molecular flexibility index (Phi) is 2.34. The first-order chi connectivity index (χ1) is 6.35. The molecule has 0 bridgehead atoms. The average Bonchev–Trinajstić information content (AvgIpc) is 2.97. The fourth-order valence-electron chi connectivity index (χ4n) is 1.36. The lowest BCUT2D eigenvalue weighted by atomic mass is 10.2. The zero-order chi connectivity index (χ0) is 9.15. The van der Waals surface area contributed by atoms with Gasteiger partial charge in [0.1, 0.15) is 0 Å². The van der Waals surface area contributed by atoms with Crippen LogP contribution >= 0.6 is 0 Å². The Morgan fingerprint density at radius 1 is 1.23 bits per heavy atom. The van der Waals surface area contributed by atoms with Crippen molar-refractivity contribution in [3.05, 3.63) is 35.9 Å². The number of ether oxygens (including phenoxy) is 1. The lowest BCUT2D eigenvalue weighted by molar-refractivity contribution is 0.0264. The van der Waals surface area contributed by atoms with E-state index < -0.39 is 0 Å². The quantitative estimate of drug-likeness (QED) is 0.759. The van der Waals surface area contributed by atoms with Gasteiger partial charge in [0.25, 0.3) is 0 Å². The van der Waals surface area contributed by atoms with E-state index in [1.807, 2.05) is 18.2 Å². The van der Waals surface area contributed by atoms with Crippen LogP contribution in [0.1, 0.15) is 18.4 Å². The molecule has 1 aromatic rings. The summed E-state index contributed by atoms with van der Waals surface area (Å²) in [7, 11) is 0. The van der Waals surface area contributed by atoms with Crippen LogP contribution in [0.5, 0.6) is 0 Å². The van der Waals surface area contributed by atoms with Gasteiger partial charge in [0.15, 0.2) is 0 Å². The summed E-state index contributed by atoms with van der Waals surface area (Å²) in [6.07, 6.45) is 2.24. The first-order valence-electron chi connectivity index (χ1n) is 4.73. The van der Waals surface area contributed by atoms with Gasteiger partial charge in [0, 0.05) is 6.54 Å². The van der Waals surface area contributed by atoms with Gasteiger partial charge in [-0.2, -0.15) is 0 Å². The second kappa shape index (κ2) is 3.48. The molecule has 0 radical (unpaired) electrons. The predicted molar refractivity (Wildman–Crippen MR) is 52.3 cm³/mol. The highest BCUT2D eigenvalue weighted by Gasteiger charge is 2.42. The molecule has 0 spiro atoms. The molecule has 1 aliphatic rings. The van der Waals surface area contributed by atoms with Crippen molar-refractivity contribution >= 4 is 0 Å². The van der Waals surface area contributed by atoms with E-state index in [0.29, 0.717) is 13.2 Å². The molecule has 0 unspecified atom stereocenters. The minimum Gasteiger partial charge on any atom is -0.369 e. The number of nitrogens with two attached hydrogens (primary N) is 1. The van der Waals surface area contributed by atoms with Gasteiger partial charge in [-0.15, -0.1) is 0 Å². The molecule has 2 nitrogen and oxygen atoms in total. The third kappa shape index (κ3) is 2.08. The van der Waals surface area contributed by atoms with Crippen LogP contribution < -0.4 is 5.73 Å². The van der Waals surface area contributed by atoms with Gasteiger partial charge in [-0.1, -0.05) is 30.3 Å². The number of rotatable bonds is 4. The van der Waals surface area contributed by atoms with Crippen molar-refractivity contribution in [2.75, 3.05) is 6.54 Å². The molecule has 2 heteroatoms. The van der Waals surface area contributed by atoms with Crippen LogP contribution in [0.2, 0.25) is 0 Å². The maximum atomic E-state index is 5.75. The van der Waals surface area contributed by atoms with Crippen molar-refractivity contribution in [3.8, 4) is 0 Å². The highest BCUT2D eigenvalue weighted by Crippen LogP contribution is 2.38. The Hall–Kier alpha value is -0.860. The van der Waals surface area contributed by atoms with Crippen LogP contribution in [0, 0.1) is 0 Å². The molecule has 70 valence electrons. The van der Waals surface area contributed by atoms with Gasteiger partial charge in [-0.3, -0.25) is 0 Å². The third-order valence-electron chi connectivity index (χ3n) is 2.57. The lowest BCUT2D eigenvalue weighted by Crippen LogP contribution is -2.25. The van der Waals surface area contributed by atoms with E-state index in [2.05, 4.69) is 12.1 Å². The van der Waals surface area contributed by atoms with Gasteiger partial charge in [0.05, 0.1) is 12.2 Å². The molecule has 13 heavy (non-hydrogen) atoms. The maximum absolute atomic E-state index is 5.75. The van der Waals surface area contributed by atoms with Gasteiger partial charge in [0.2, 0.25) is 0 Å². The topological polar surface area (TPSA) is 35.2 Å². The summed E-state index contributed by atoms with van der Waals surface area (Å²) in [6.45, 7) is 1.35. The monoisotopic (exact) mass is 177 g/mol. The van der Waals surface area contributed by atoms with Gasteiger partial charge < -0.3 is 10.5 Å². The molecule has 1 aromatic carbocycles. The third-order valence-corrected chi connectivity index (χ3v) is 2.57. The first kappa shape index (κ1) is 8.73. The number of benzene rings is 1. The Morgan fingerprint density at radius 3 is 2.46 bits per heavy atom. The standard InChI is InChI=1S/C11H15NO/c12-9-11(6-7-11)13-8-10-4-2-1-3-5-10/h1-5H,6-9,12H2. The van der Waals surface area contributed by atoms with Crippen LogP contribution in [0.15, 0.2) is 30.3 Å². The molecule has 0 atom stereocenters. The summed E-state index contributed by atoms with van der Waals surface area (Å²) < 4.78 is 5.75. The Labute approximate surface area is 78.7 Å². The highest BCUT2D eigenvalue weighted by molar-refractivity contribution is 5.14. The van der Waals surface area contributed by atoms with Crippen LogP contribution in [-0.4, -0.2) is 12.1 Å². The van der Waals surface area contributed by atoms with Crippen LogP contribution in [0.3, 0.4) is 0 Å². The van der Waals surface area contributed by atoms with Crippen molar-refractivity contribution in [2.45, 2.75) is 25.0 Å². The molecule has 1 fully saturated rings. The van der Waals surface area contributed by atoms with E-state index in [-0.39, 0.29) is 5.60 Å². The van der Waals surface area contributed by atoms with Gasteiger partial charge in [-0.05, 0) is 18.4 Å². The maximum Gasteiger partial charge on any atom is 0.0810 e. The van der Waals surface area contributed by atoms with Crippen molar-refractivity contribution in [1.82, 2.24) is 0 Å². The normalized spacial score (nSPS) is 18.5. The van der Waals surface area contributed by atoms with Gasteiger partial charge >= 0.3 is 0 Å². The number of hydrogen-bond acceptors (Lipinski definition) is 2. The summed E-state index contributed by atoms with van der Waals surface area (Å²) >= 11 is 0. The number of hydrogen-bond donors (Lipinski definition) is 1. The minimum atomic E-state index is 0.0237. The van der Waals surface area contributed by atoms with Crippen LogP contribution in [0.25, 0.3) is 0 Å². The zero-order valence-electron chi connectivity index (χ0n) is 7.70. The summed E-state index contributed by atoms with van der Waals surface area (Å²) in [4.78, 5) is 0. The van der Waals surface area contributed by atoms with Crippen molar-refractivity contribution in [2.24, 2.45) is 5.73 Å². The van der Waals surface area contributed by atoms with E-state index in [4.69, 9.17) is 10.5 Å². The molecular formula is C11H15NO. The van der Waals surface area contributed by atoms with E-state index in [0.717, 1.165) is 12.8 Å². The van der Waals surface area contributed by atoms with E-state index >= 15 is 0 Å². The average molecular weight is 177 g/mol. The van der Waals surface area contributed by atoms with Crippen molar-refractivity contribution in [3.63, 3.8) is 0 Å². The molecule has 2 rings (SSSR count). The smallest absolute Gasteiger partial charge is 0.0810 e. The molecule has 0 saturated heterocycles. The van der Waals surface area contributed by atoms with Gasteiger partial charge in [-0.25, -0.2) is 0 Å². The molecule has 0 aliphatic heterocycles. The fraction of sp³-hybridized carbons (Fsp3) is 0.455. The summed E-state index contributed by atoms with van der Waals surface area (Å²) in [6, 6.07) is 10.2. The molecule has 0 heterocycles. The first-order valence-corrected chi connectivity index (χ1v) is 4.73. The largest absolute Gasteiger partial charge is 0.369 e.